The van der Waals surface area contributed by atoms with E-state index in [1.165, 1.54) is 0 Å². The predicted molar refractivity (Wildman–Crippen MR) is 49.5 cm³/mol. The van der Waals surface area contributed by atoms with E-state index in [2.05, 4.69) is 10.1 Å². The van der Waals surface area contributed by atoms with Crippen LogP contribution in [0.15, 0.2) is 0 Å². The molecule has 82 valence electrons. The van der Waals surface area contributed by atoms with Crippen molar-refractivity contribution in [3.8, 4) is 0 Å². The Bertz CT molecular complexity index is 184. The number of hydrogen-bond acceptors (Lipinski definition) is 5. The molecule has 0 aliphatic carbocycles. The molecule has 0 aliphatic heterocycles. The highest BCUT2D eigenvalue weighted by Crippen LogP contribution is 1.77. The molecule has 14 heavy (non-hydrogen) atoms. The number of esters is 1. The van der Waals surface area contributed by atoms with Gasteiger partial charge in [-0.15, -0.1) is 0 Å². The van der Waals surface area contributed by atoms with E-state index in [0.29, 0.717) is 19.8 Å². The molecule has 0 aromatic heterocycles. The van der Waals surface area contributed by atoms with Gasteiger partial charge in [-0.1, -0.05) is 0 Å². The number of nitrogens with one attached hydrogen (secondary N) is 1. The van der Waals surface area contributed by atoms with Gasteiger partial charge < -0.3 is 20.5 Å². The monoisotopic (exact) mass is 204 g/mol. The van der Waals surface area contributed by atoms with Crippen molar-refractivity contribution in [1.29, 1.82) is 0 Å². The first-order valence-corrected chi connectivity index (χ1v) is 4.40. The minimum atomic E-state index is -0.459. The summed E-state index contributed by atoms with van der Waals surface area (Å²) in [6, 6.07) is 0. The van der Waals surface area contributed by atoms with Gasteiger partial charge in [0, 0.05) is 6.54 Å². The van der Waals surface area contributed by atoms with Crippen molar-refractivity contribution in [3.63, 3.8) is 0 Å². The second kappa shape index (κ2) is 8.46. The SMILES string of the molecule is CCOC(=O)CNC(=O)COCCN. The number of carbonyl (C=O) groups excluding carboxylic acids is 2. The summed E-state index contributed by atoms with van der Waals surface area (Å²) < 4.78 is 9.45. The summed E-state index contributed by atoms with van der Waals surface area (Å²) in [4.78, 5) is 21.7. The Morgan fingerprint density at radius 3 is 2.71 bits per heavy atom. The van der Waals surface area contributed by atoms with Crippen molar-refractivity contribution >= 4 is 11.9 Å². The molecule has 0 aliphatic rings. The van der Waals surface area contributed by atoms with Gasteiger partial charge in [-0.25, -0.2) is 0 Å². The van der Waals surface area contributed by atoms with Gasteiger partial charge in [0.05, 0.1) is 13.2 Å². The number of rotatable bonds is 7. The van der Waals surface area contributed by atoms with E-state index in [0.717, 1.165) is 0 Å². The van der Waals surface area contributed by atoms with E-state index >= 15 is 0 Å². The van der Waals surface area contributed by atoms with Gasteiger partial charge in [-0.05, 0) is 6.92 Å². The lowest BCUT2D eigenvalue weighted by Crippen LogP contribution is -2.33. The van der Waals surface area contributed by atoms with Gasteiger partial charge in [0.25, 0.3) is 0 Å². The summed E-state index contributed by atoms with van der Waals surface area (Å²) >= 11 is 0. The lowest BCUT2D eigenvalue weighted by atomic mass is 10.5. The van der Waals surface area contributed by atoms with Crippen LogP contribution in [0.2, 0.25) is 0 Å². The fraction of sp³-hybridized carbons (Fsp3) is 0.750. The minimum Gasteiger partial charge on any atom is -0.465 e. The predicted octanol–water partition coefficient (Wildman–Crippen LogP) is -1.36. The molecule has 0 aromatic carbocycles. The van der Waals surface area contributed by atoms with Crippen molar-refractivity contribution in [2.75, 3.05) is 32.9 Å². The average molecular weight is 204 g/mol. The fourth-order valence-electron chi connectivity index (χ4n) is 0.682. The van der Waals surface area contributed by atoms with Crippen molar-refractivity contribution in [2.45, 2.75) is 6.92 Å². The van der Waals surface area contributed by atoms with Crippen LogP contribution in [0, 0.1) is 0 Å². The molecular formula is C8H16N2O4. The van der Waals surface area contributed by atoms with E-state index in [-0.39, 0.29) is 19.1 Å². The second-order valence-corrected chi connectivity index (χ2v) is 2.42. The fourth-order valence-corrected chi connectivity index (χ4v) is 0.682. The maximum atomic E-state index is 10.9. The smallest absolute Gasteiger partial charge is 0.325 e. The third-order valence-corrected chi connectivity index (χ3v) is 1.23. The number of ether oxygens (including phenoxy) is 2. The largest absolute Gasteiger partial charge is 0.465 e. The van der Waals surface area contributed by atoms with Crippen LogP contribution in [-0.2, 0) is 19.1 Å². The molecule has 0 saturated heterocycles. The molecule has 1 amide bonds. The molecule has 0 unspecified atom stereocenters. The van der Waals surface area contributed by atoms with Crippen LogP contribution in [0.4, 0.5) is 0 Å². The normalized spacial score (nSPS) is 9.57. The van der Waals surface area contributed by atoms with Crippen LogP contribution in [0.1, 0.15) is 6.92 Å². The molecule has 3 N–H and O–H groups in total. The number of nitrogens with two attached hydrogens (primary N) is 1. The van der Waals surface area contributed by atoms with Gasteiger partial charge in [-0.2, -0.15) is 0 Å². The summed E-state index contributed by atoms with van der Waals surface area (Å²) in [5.74, 6) is -0.814. The quantitative estimate of drug-likeness (QED) is 0.395. The molecule has 0 bridgehead atoms. The molecule has 0 rings (SSSR count). The molecular weight excluding hydrogens is 188 g/mol. The molecule has 0 spiro atoms. The lowest BCUT2D eigenvalue weighted by molar-refractivity contribution is -0.143. The van der Waals surface area contributed by atoms with Crippen LogP contribution in [-0.4, -0.2) is 44.8 Å². The van der Waals surface area contributed by atoms with Gasteiger partial charge in [-0.3, -0.25) is 9.59 Å². The molecule has 0 fully saturated rings. The zero-order valence-corrected chi connectivity index (χ0v) is 8.25. The molecule has 0 heterocycles. The molecule has 0 saturated carbocycles. The van der Waals surface area contributed by atoms with Gasteiger partial charge in [0.15, 0.2) is 0 Å². The standard InChI is InChI=1S/C8H16N2O4/c1-2-14-8(12)5-10-7(11)6-13-4-3-9/h2-6,9H2,1H3,(H,10,11). The highest BCUT2D eigenvalue weighted by Gasteiger charge is 2.05. The van der Waals surface area contributed by atoms with Gasteiger partial charge in [0.1, 0.15) is 13.2 Å². The summed E-state index contributed by atoms with van der Waals surface area (Å²) in [5, 5.41) is 2.35. The number of carbonyl (C=O) groups is 2. The number of hydrogen-bond donors (Lipinski definition) is 2. The molecule has 0 atom stereocenters. The molecule has 0 radical (unpaired) electrons. The first-order valence-electron chi connectivity index (χ1n) is 4.40. The summed E-state index contributed by atoms with van der Waals surface area (Å²) in [5.41, 5.74) is 5.15. The zero-order chi connectivity index (χ0) is 10.8. The van der Waals surface area contributed by atoms with Crippen molar-refractivity contribution in [2.24, 2.45) is 5.73 Å². The van der Waals surface area contributed by atoms with E-state index < -0.39 is 5.97 Å². The topological polar surface area (TPSA) is 90.6 Å². The zero-order valence-electron chi connectivity index (χ0n) is 8.25. The Kier molecular flexibility index (Phi) is 7.77. The van der Waals surface area contributed by atoms with Gasteiger partial charge in [0.2, 0.25) is 5.91 Å². The van der Waals surface area contributed by atoms with Gasteiger partial charge >= 0.3 is 5.97 Å². The van der Waals surface area contributed by atoms with Crippen molar-refractivity contribution in [1.82, 2.24) is 5.32 Å². The Morgan fingerprint density at radius 2 is 2.14 bits per heavy atom. The minimum absolute atomic E-state index is 0.0867. The van der Waals surface area contributed by atoms with Crippen LogP contribution >= 0.6 is 0 Å². The summed E-state index contributed by atoms with van der Waals surface area (Å²) in [6.45, 7) is 2.48. The first-order chi connectivity index (χ1) is 6.70. The maximum absolute atomic E-state index is 10.9. The lowest BCUT2D eigenvalue weighted by Gasteiger charge is -2.04. The summed E-state index contributed by atoms with van der Waals surface area (Å²) in [7, 11) is 0. The Balaban J connectivity index is 3.39. The van der Waals surface area contributed by atoms with E-state index in [4.69, 9.17) is 10.5 Å². The average Bonchev–Trinajstić information content (AvgIpc) is 2.16. The molecule has 6 nitrogen and oxygen atoms in total. The van der Waals surface area contributed by atoms with Crippen LogP contribution in [0.3, 0.4) is 0 Å². The van der Waals surface area contributed by atoms with Crippen molar-refractivity contribution in [3.05, 3.63) is 0 Å². The van der Waals surface area contributed by atoms with E-state index in [9.17, 15) is 9.59 Å². The van der Waals surface area contributed by atoms with E-state index in [1.54, 1.807) is 6.92 Å². The van der Waals surface area contributed by atoms with Crippen LogP contribution in [0.5, 0.6) is 0 Å². The molecule has 0 aromatic rings. The van der Waals surface area contributed by atoms with Crippen LogP contribution in [0.25, 0.3) is 0 Å². The van der Waals surface area contributed by atoms with E-state index in [1.807, 2.05) is 0 Å². The molecule has 6 heteroatoms. The third kappa shape index (κ3) is 7.51. The highest BCUT2D eigenvalue weighted by molar-refractivity contribution is 5.82. The van der Waals surface area contributed by atoms with Crippen LogP contribution < -0.4 is 11.1 Å². The number of amides is 1. The third-order valence-electron chi connectivity index (χ3n) is 1.23. The highest BCUT2D eigenvalue weighted by atomic mass is 16.5. The maximum Gasteiger partial charge on any atom is 0.325 e. The Labute approximate surface area is 82.7 Å². The van der Waals surface area contributed by atoms with Crippen molar-refractivity contribution < 1.29 is 19.1 Å². The summed E-state index contributed by atoms with van der Waals surface area (Å²) in [6.07, 6.45) is 0. The Hall–Kier alpha value is -1.14. The Morgan fingerprint density at radius 1 is 1.43 bits per heavy atom. The first kappa shape index (κ1) is 12.9. The second-order valence-electron chi connectivity index (χ2n) is 2.42.